The number of aliphatic hydroxyl groups excluding tert-OH is 1. The minimum absolute atomic E-state index is 0.0615. The second-order valence-electron chi connectivity index (χ2n) is 7.70. The lowest BCUT2D eigenvalue weighted by Gasteiger charge is -2.16. The molecule has 0 radical (unpaired) electrons. The number of halogens is 1. The molecule has 174 valence electrons. The van der Waals surface area contributed by atoms with E-state index >= 15 is 0 Å². The number of sulfonamides is 1. The summed E-state index contributed by atoms with van der Waals surface area (Å²) in [7, 11) is -2.56. The van der Waals surface area contributed by atoms with Gasteiger partial charge in [0.2, 0.25) is 0 Å². The van der Waals surface area contributed by atoms with Crippen molar-refractivity contribution in [3.63, 3.8) is 0 Å². The summed E-state index contributed by atoms with van der Waals surface area (Å²) in [4.78, 5) is 14.4. The van der Waals surface area contributed by atoms with Gasteiger partial charge in [-0.3, -0.25) is 4.79 Å². The van der Waals surface area contributed by atoms with Crippen LogP contribution < -0.4 is 5.32 Å². The largest absolute Gasteiger partial charge is 0.494 e. The van der Waals surface area contributed by atoms with E-state index in [1.54, 1.807) is 6.07 Å². The summed E-state index contributed by atoms with van der Waals surface area (Å²) in [6.07, 6.45) is 1.20. The molecule has 3 rings (SSSR count). The first-order valence-corrected chi connectivity index (χ1v) is 11.7. The van der Waals surface area contributed by atoms with E-state index in [0.717, 1.165) is 25.0 Å². The Labute approximate surface area is 191 Å². The van der Waals surface area contributed by atoms with Crippen molar-refractivity contribution in [3.8, 4) is 17.9 Å². The van der Waals surface area contributed by atoms with E-state index in [0.29, 0.717) is 5.92 Å². The van der Waals surface area contributed by atoms with Gasteiger partial charge in [-0.2, -0.15) is 9.66 Å². The average molecular weight is 475 g/mol. The van der Waals surface area contributed by atoms with Crippen LogP contribution in [-0.4, -0.2) is 62.6 Å². The summed E-state index contributed by atoms with van der Waals surface area (Å²) >= 11 is 0. The third-order valence-corrected chi connectivity index (χ3v) is 6.57. The number of hydrogen-bond acceptors (Lipinski definition) is 7. The molecule has 1 aliphatic heterocycles. The molecule has 9 nitrogen and oxygen atoms in total. The third kappa shape index (κ3) is 5.89. The van der Waals surface area contributed by atoms with E-state index < -0.39 is 33.1 Å². The Balaban J connectivity index is 1.83. The molecule has 1 saturated carbocycles. The highest BCUT2D eigenvalue weighted by atomic mass is 32.2. The molecule has 2 N–H and O–H groups in total. The molecule has 1 amide bonds. The van der Waals surface area contributed by atoms with Crippen LogP contribution in [0.3, 0.4) is 0 Å². The zero-order valence-corrected chi connectivity index (χ0v) is 18.7. The minimum atomic E-state index is -4.07. The fourth-order valence-corrected chi connectivity index (χ4v) is 4.25. The predicted molar refractivity (Wildman–Crippen MR) is 119 cm³/mol. The molecule has 2 aliphatic rings. The Morgan fingerprint density at radius 3 is 2.85 bits per heavy atom. The number of aliphatic hydroxyl groups is 1. The molecule has 1 aliphatic carbocycles. The number of ether oxygens (including phenoxy) is 1. The predicted octanol–water partition coefficient (Wildman–Crippen LogP) is 1.37. The van der Waals surface area contributed by atoms with Gasteiger partial charge in [0.25, 0.3) is 15.9 Å². The molecular formula is C22H23FN4O5S. The van der Waals surface area contributed by atoms with Crippen LogP contribution in [-0.2, 0) is 19.6 Å². The maximum absolute atomic E-state index is 13.6. The summed E-state index contributed by atoms with van der Waals surface area (Å²) in [6, 6.07) is 5.16. The number of anilines is 1. The van der Waals surface area contributed by atoms with Gasteiger partial charge < -0.3 is 20.1 Å². The summed E-state index contributed by atoms with van der Waals surface area (Å²) in [6.45, 7) is 2.91. The van der Waals surface area contributed by atoms with Crippen LogP contribution in [0.15, 0.2) is 34.1 Å². The number of hydrogen-bond donors (Lipinski definition) is 2. The molecule has 11 heteroatoms. The fourth-order valence-electron chi connectivity index (χ4n) is 3.20. The number of nitriles is 1. The second-order valence-corrected chi connectivity index (χ2v) is 9.56. The van der Waals surface area contributed by atoms with Gasteiger partial charge in [0.15, 0.2) is 5.25 Å². The van der Waals surface area contributed by atoms with E-state index in [1.165, 1.54) is 18.0 Å². The summed E-state index contributed by atoms with van der Waals surface area (Å²) in [5, 5.41) is 20.2. The van der Waals surface area contributed by atoms with Gasteiger partial charge in [-0.1, -0.05) is 11.8 Å². The Kier molecular flexibility index (Phi) is 7.36. The third-order valence-electron chi connectivity index (χ3n) is 5.13. The topological polar surface area (TPSA) is 132 Å². The first-order valence-electron chi connectivity index (χ1n) is 10.2. The van der Waals surface area contributed by atoms with Crippen LogP contribution in [0.2, 0.25) is 0 Å². The van der Waals surface area contributed by atoms with Gasteiger partial charge in [-0.05, 0) is 31.0 Å². The number of carbonyl (C=O) groups excluding carboxylic acids is 1. The number of benzene rings is 1. The number of likely N-dealkylation sites (N-methyl/N-ethyl adjacent to an activating group) is 1. The van der Waals surface area contributed by atoms with Crippen molar-refractivity contribution < 1.29 is 27.4 Å². The molecular weight excluding hydrogens is 451 g/mol. The van der Waals surface area contributed by atoms with Crippen LogP contribution in [0.1, 0.15) is 24.8 Å². The van der Waals surface area contributed by atoms with Crippen molar-refractivity contribution in [2.75, 3.05) is 25.5 Å². The number of nitrogens with one attached hydrogen (secondary N) is 1. The molecule has 0 saturated heterocycles. The summed E-state index contributed by atoms with van der Waals surface area (Å²) in [5.41, 5.74) is -0.165. The van der Waals surface area contributed by atoms with Gasteiger partial charge >= 0.3 is 0 Å². The molecule has 1 unspecified atom stereocenters. The van der Waals surface area contributed by atoms with E-state index in [1.807, 2.05) is 0 Å². The van der Waals surface area contributed by atoms with E-state index in [9.17, 15) is 22.7 Å². The maximum Gasteiger partial charge on any atom is 0.275 e. The van der Waals surface area contributed by atoms with Gasteiger partial charge in [-0.25, -0.2) is 12.8 Å². The molecule has 2 atom stereocenters. The van der Waals surface area contributed by atoms with Crippen LogP contribution in [0.4, 0.5) is 10.1 Å². The molecule has 1 fully saturated rings. The highest BCUT2D eigenvalue weighted by molar-refractivity contribution is 7.91. The Morgan fingerprint density at radius 1 is 1.48 bits per heavy atom. The number of nitrogens with zero attached hydrogens (tertiary/aromatic N) is 3. The monoisotopic (exact) mass is 474 g/mol. The quantitative estimate of drug-likeness (QED) is 0.430. The first-order chi connectivity index (χ1) is 15.7. The second kappa shape index (κ2) is 10.0. The molecule has 33 heavy (non-hydrogen) atoms. The van der Waals surface area contributed by atoms with Crippen LogP contribution in [0.25, 0.3) is 0 Å². The summed E-state index contributed by atoms with van der Waals surface area (Å²) < 4.78 is 47.3. The maximum atomic E-state index is 13.6. The van der Waals surface area contributed by atoms with Gasteiger partial charge in [0, 0.05) is 38.3 Å². The lowest BCUT2D eigenvalue weighted by molar-refractivity contribution is -0.114. The lowest BCUT2D eigenvalue weighted by Crippen LogP contribution is -2.28. The number of carbonyl (C=O) groups is 1. The highest BCUT2D eigenvalue weighted by Crippen LogP contribution is 2.30. The Bertz CT molecular complexity index is 1190. The van der Waals surface area contributed by atoms with Crippen molar-refractivity contribution in [2.45, 2.75) is 30.6 Å². The Hall–Kier alpha value is -3.41. The van der Waals surface area contributed by atoms with E-state index in [2.05, 4.69) is 28.3 Å². The standard InChI is InChI=1S/C22H23FN4O5S/c1-25-33(30,31)19-13-27(2)20(21(19)32-10-9-17(28)7-5-14-3-4-14)22(29)26-16-6-8-18(23)15(11-16)12-24/h6,8,11,14,17,19,28H,1,3-4,9-10,13H2,2H3,(H,26,29)/t17-,19?/m1/s1. The van der Waals surface area contributed by atoms with Crippen molar-refractivity contribution >= 4 is 28.3 Å². The zero-order chi connectivity index (χ0) is 24.2. The van der Waals surface area contributed by atoms with Gasteiger partial charge in [-0.15, -0.1) is 0 Å². The van der Waals surface area contributed by atoms with Crippen molar-refractivity contribution in [1.82, 2.24) is 4.90 Å². The highest BCUT2D eigenvalue weighted by Gasteiger charge is 2.42. The smallest absolute Gasteiger partial charge is 0.275 e. The SMILES string of the molecule is C=NS(=O)(=O)C1CN(C)C(C(=O)Nc2ccc(F)c(C#N)c2)=C1OCC[C@H](O)C#CC1CC1. The van der Waals surface area contributed by atoms with Crippen LogP contribution in [0, 0.1) is 34.9 Å². The number of amides is 1. The van der Waals surface area contributed by atoms with E-state index in [4.69, 9.17) is 10.00 Å². The van der Waals surface area contributed by atoms with Crippen molar-refractivity contribution in [3.05, 3.63) is 41.0 Å². The van der Waals surface area contributed by atoms with E-state index in [-0.39, 0.29) is 42.3 Å². The number of rotatable bonds is 8. The molecule has 1 heterocycles. The molecule has 0 aromatic heterocycles. The first kappa shape index (κ1) is 24.2. The van der Waals surface area contributed by atoms with Gasteiger partial charge in [0.1, 0.15) is 29.4 Å². The average Bonchev–Trinajstić information content (AvgIpc) is 3.55. The molecule has 0 bridgehead atoms. The molecule has 1 aromatic rings. The zero-order valence-electron chi connectivity index (χ0n) is 17.9. The summed E-state index contributed by atoms with van der Waals surface area (Å²) in [5.74, 6) is 4.42. The Morgan fingerprint density at radius 2 is 2.21 bits per heavy atom. The van der Waals surface area contributed by atoms with Crippen molar-refractivity contribution in [1.29, 1.82) is 5.26 Å². The minimum Gasteiger partial charge on any atom is -0.494 e. The van der Waals surface area contributed by atoms with Crippen LogP contribution >= 0.6 is 0 Å². The van der Waals surface area contributed by atoms with Crippen molar-refractivity contribution in [2.24, 2.45) is 10.3 Å². The normalized spacial score (nSPS) is 18.7. The molecule has 0 spiro atoms. The lowest BCUT2D eigenvalue weighted by atomic mass is 10.2. The molecule has 1 aromatic carbocycles. The fraction of sp³-hybridized carbons (Fsp3) is 0.409. The van der Waals surface area contributed by atoms with Crippen LogP contribution in [0.5, 0.6) is 0 Å². The van der Waals surface area contributed by atoms with Gasteiger partial charge in [0.05, 0.1) is 12.2 Å².